The lowest BCUT2D eigenvalue weighted by Gasteiger charge is -2.19. The van der Waals surface area contributed by atoms with Gasteiger partial charge in [0.15, 0.2) is 6.10 Å². The summed E-state index contributed by atoms with van der Waals surface area (Å²) in [6, 6.07) is 15.7. The molecule has 0 spiro atoms. The Labute approximate surface area is 155 Å². The van der Waals surface area contributed by atoms with E-state index in [1.807, 2.05) is 18.2 Å². The van der Waals surface area contributed by atoms with E-state index in [9.17, 15) is 14.4 Å². The van der Waals surface area contributed by atoms with Crippen LogP contribution in [0.1, 0.15) is 22.8 Å². The zero-order valence-corrected chi connectivity index (χ0v) is 14.6. The highest BCUT2D eigenvalue weighted by atomic mass is 16.6. The molecule has 2 aromatic rings. The molecule has 0 aromatic heterocycles. The number of nitrogens with one attached hydrogen (secondary N) is 2. The molecule has 0 bridgehead atoms. The molecule has 1 aliphatic rings. The number of carbonyl (C=O) groups excluding carboxylic acids is 3. The Kier molecular flexibility index (Phi) is 5.51. The van der Waals surface area contributed by atoms with Crippen LogP contribution in [0.5, 0.6) is 5.75 Å². The van der Waals surface area contributed by atoms with Crippen LogP contribution in [0.3, 0.4) is 0 Å². The first-order valence-electron chi connectivity index (χ1n) is 8.33. The Morgan fingerprint density at radius 3 is 2.48 bits per heavy atom. The summed E-state index contributed by atoms with van der Waals surface area (Å²) in [5, 5.41) is 0. The van der Waals surface area contributed by atoms with Crippen molar-refractivity contribution in [1.82, 2.24) is 10.9 Å². The van der Waals surface area contributed by atoms with Gasteiger partial charge in [-0.2, -0.15) is 0 Å². The molecule has 0 unspecified atom stereocenters. The number of hydrogen-bond donors (Lipinski definition) is 2. The van der Waals surface area contributed by atoms with Crippen molar-refractivity contribution in [2.75, 3.05) is 6.61 Å². The molecule has 0 saturated carbocycles. The molecule has 1 aliphatic heterocycles. The number of amides is 2. The zero-order valence-electron chi connectivity index (χ0n) is 14.6. The average Bonchev–Trinajstić information content (AvgIpc) is 2.71. The minimum absolute atomic E-state index is 0.0644. The Balaban J connectivity index is 1.53. The van der Waals surface area contributed by atoms with Crippen LogP contribution in [0.15, 0.2) is 60.2 Å². The number of benzene rings is 2. The van der Waals surface area contributed by atoms with Crippen LogP contribution in [0.4, 0.5) is 0 Å². The lowest BCUT2D eigenvalue weighted by molar-refractivity contribution is -0.151. The van der Waals surface area contributed by atoms with E-state index in [-0.39, 0.29) is 6.61 Å². The second kappa shape index (κ2) is 8.18. The summed E-state index contributed by atoms with van der Waals surface area (Å²) >= 11 is 0. The Hall–Kier alpha value is -3.61. The van der Waals surface area contributed by atoms with E-state index in [0.29, 0.717) is 16.9 Å². The highest BCUT2D eigenvalue weighted by Gasteiger charge is 2.23. The molecule has 0 radical (unpaired) electrons. The minimum Gasteiger partial charge on any atom is -0.488 e. The highest BCUT2D eigenvalue weighted by molar-refractivity contribution is 5.98. The molecular formula is C20H18N2O5. The number of rotatable bonds is 4. The summed E-state index contributed by atoms with van der Waals surface area (Å²) in [4.78, 5) is 36.2. The molecule has 138 valence electrons. The van der Waals surface area contributed by atoms with Gasteiger partial charge in [0.05, 0.1) is 5.57 Å². The van der Waals surface area contributed by atoms with Crippen molar-refractivity contribution in [3.05, 3.63) is 71.3 Å². The smallest absolute Gasteiger partial charge is 0.338 e. The minimum atomic E-state index is -1.09. The summed E-state index contributed by atoms with van der Waals surface area (Å²) < 4.78 is 10.7. The number of esters is 1. The van der Waals surface area contributed by atoms with Crippen LogP contribution in [-0.2, 0) is 14.3 Å². The van der Waals surface area contributed by atoms with Crippen molar-refractivity contribution in [3.63, 3.8) is 0 Å². The van der Waals surface area contributed by atoms with Crippen LogP contribution in [0, 0.1) is 0 Å². The summed E-state index contributed by atoms with van der Waals surface area (Å²) in [6.45, 7) is 1.48. The summed E-state index contributed by atoms with van der Waals surface area (Å²) in [5.74, 6) is -1.09. The number of para-hydroxylation sites is 1. The third kappa shape index (κ3) is 4.52. The van der Waals surface area contributed by atoms with Gasteiger partial charge in [-0.25, -0.2) is 4.79 Å². The van der Waals surface area contributed by atoms with Gasteiger partial charge >= 0.3 is 5.97 Å². The highest BCUT2D eigenvalue weighted by Crippen LogP contribution is 2.26. The zero-order chi connectivity index (χ0) is 19.2. The van der Waals surface area contributed by atoms with E-state index >= 15 is 0 Å². The fraction of sp³-hybridized carbons (Fsp3) is 0.150. The van der Waals surface area contributed by atoms with Gasteiger partial charge in [-0.3, -0.25) is 20.4 Å². The monoisotopic (exact) mass is 366 g/mol. The SMILES string of the molecule is C[C@H](OC(=O)C1=Cc2ccccc2OC1)C(=O)NNC(=O)c1ccccc1. The largest absolute Gasteiger partial charge is 0.488 e. The molecule has 7 heteroatoms. The van der Waals surface area contributed by atoms with E-state index < -0.39 is 23.9 Å². The number of fused-ring (bicyclic) bond motifs is 1. The maximum atomic E-state index is 12.2. The van der Waals surface area contributed by atoms with Gasteiger partial charge in [-0.15, -0.1) is 0 Å². The topological polar surface area (TPSA) is 93.7 Å². The summed E-state index contributed by atoms with van der Waals surface area (Å²) in [7, 11) is 0. The summed E-state index contributed by atoms with van der Waals surface area (Å²) in [5.41, 5.74) is 5.98. The summed E-state index contributed by atoms with van der Waals surface area (Å²) in [6.07, 6.45) is 0.579. The number of ether oxygens (including phenoxy) is 2. The Morgan fingerprint density at radius 2 is 1.70 bits per heavy atom. The predicted molar refractivity (Wildman–Crippen MR) is 97.5 cm³/mol. The van der Waals surface area contributed by atoms with Gasteiger partial charge in [-0.05, 0) is 31.2 Å². The van der Waals surface area contributed by atoms with E-state index in [4.69, 9.17) is 9.47 Å². The van der Waals surface area contributed by atoms with Crippen LogP contribution < -0.4 is 15.6 Å². The first-order chi connectivity index (χ1) is 13.0. The standard InChI is InChI=1S/C20H18N2O5/c1-13(18(23)21-22-19(24)14-7-3-2-4-8-14)27-20(25)16-11-15-9-5-6-10-17(15)26-12-16/h2-11,13H,12H2,1H3,(H,21,23)(H,22,24)/t13-/m0/s1. The second-order valence-electron chi connectivity index (χ2n) is 5.85. The van der Waals surface area contributed by atoms with Crippen molar-refractivity contribution in [1.29, 1.82) is 0 Å². The molecule has 0 fully saturated rings. The number of hydrogen-bond acceptors (Lipinski definition) is 5. The van der Waals surface area contributed by atoms with Crippen LogP contribution >= 0.6 is 0 Å². The molecule has 1 heterocycles. The van der Waals surface area contributed by atoms with Gasteiger partial charge in [0, 0.05) is 11.1 Å². The van der Waals surface area contributed by atoms with Gasteiger partial charge in [0.1, 0.15) is 12.4 Å². The third-order valence-electron chi connectivity index (χ3n) is 3.88. The number of hydrazine groups is 1. The second-order valence-corrected chi connectivity index (χ2v) is 5.85. The maximum absolute atomic E-state index is 12.2. The molecule has 2 amide bonds. The Morgan fingerprint density at radius 1 is 1.00 bits per heavy atom. The number of carbonyl (C=O) groups is 3. The molecule has 0 saturated heterocycles. The van der Waals surface area contributed by atoms with Gasteiger partial charge in [-0.1, -0.05) is 36.4 Å². The molecule has 3 rings (SSSR count). The lowest BCUT2D eigenvalue weighted by atomic mass is 10.1. The first kappa shape index (κ1) is 18.2. The van der Waals surface area contributed by atoms with E-state index in [0.717, 1.165) is 5.56 Å². The molecule has 7 nitrogen and oxygen atoms in total. The Bertz CT molecular complexity index is 892. The molecule has 1 atom stereocenters. The molecule has 0 aliphatic carbocycles. The quantitative estimate of drug-likeness (QED) is 0.636. The van der Waals surface area contributed by atoms with E-state index in [2.05, 4.69) is 10.9 Å². The first-order valence-corrected chi connectivity index (χ1v) is 8.33. The predicted octanol–water partition coefficient (Wildman–Crippen LogP) is 1.86. The van der Waals surface area contributed by atoms with Crippen LogP contribution in [-0.4, -0.2) is 30.5 Å². The van der Waals surface area contributed by atoms with E-state index in [1.54, 1.807) is 42.5 Å². The van der Waals surface area contributed by atoms with Crippen LogP contribution in [0.2, 0.25) is 0 Å². The average molecular weight is 366 g/mol. The van der Waals surface area contributed by atoms with Crippen molar-refractivity contribution in [2.24, 2.45) is 0 Å². The van der Waals surface area contributed by atoms with E-state index in [1.165, 1.54) is 6.92 Å². The van der Waals surface area contributed by atoms with Crippen molar-refractivity contribution >= 4 is 23.9 Å². The van der Waals surface area contributed by atoms with Crippen molar-refractivity contribution < 1.29 is 23.9 Å². The van der Waals surface area contributed by atoms with Crippen LogP contribution in [0.25, 0.3) is 6.08 Å². The molecular weight excluding hydrogens is 348 g/mol. The van der Waals surface area contributed by atoms with Gasteiger partial charge in [0.25, 0.3) is 11.8 Å². The fourth-order valence-corrected chi connectivity index (χ4v) is 2.41. The molecule has 2 aromatic carbocycles. The lowest BCUT2D eigenvalue weighted by Crippen LogP contribution is -2.46. The van der Waals surface area contributed by atoms with Crippen molar-refractivity contribution in [3.8, 4) is 5.75 Å². The third-order valence-corrected chi connectivity index (χ3v) is 3.88. The normalized spacial score (nSPS) is 13.3. The fourth-order valence-electron chi connectivity index (χ4n) is 2.41. The van der Waals surface area contributed by atoms with Gasteiger partial charge in [0.2, 0.25) is 0 Å². The molecule has 2 N–H and O–H groups in total. The van der Waals surface area contributed by atoms with Crippen molar-refractivity contribution in [2.45, 2.75) is 13.0 Å². The maximum Gasteiger partial charge on any atom is 0.338 e. The molecule has 27 heavy (non-hydrogen) atoms. The van der Waals surface area contributed by atoms with Gasteiger partial charge < -0.3 is 9.47 Å².